The molecule has 0 aromatic heterocycles. The van der Waals surface area contributed by atoms with Gasteiger partial charge in [0.25, 0.3) is 0 Å². The largest absolute Gasteiger partial charge is 0.383 e. The maximum atomic E-state index is 12.1. The summed E-state index contributed by atoms with van der Waals surface area (Å²) in [5.41, 5.74) is 1.27. The quantitative estimate of drug-likeness (QED) is 0.818. The summed E-state index contributed by atoms with van der Waals surface area (Å²) in [7, 11) is 1.65. The number of carbonyl (C=O) groups excluding carboxylic acids is 1. The van der Waals surface area contributed by atoms with Crippen molar-refractivity contribution in [2.75, 3.05) is 33.4 Å². The van der Waals surface area contributed by atoms with Gasteiger partial charge < -0.3 is 10.1 Å². The fourth-order valence-corrected chi connectivity index (χ4v) is 2.97. The van der Waals surface area contributed by atoms with Crippen LogP contribution in [0.2, 0.25) is 5.02 Å². The zero-order valence-corrected chi connectivity index (χ0v) is 13.9. The molecule has 1 aromatic rings. The number of methoxy groups -OCH3 is 1. The Labute approximate surface area is 137 Å². The lowest BCUT2D eigenvalue weighted by Gasteiger charge is -2.20. The molecule has 1 amide bonds. The number of halogens is 1. The monoisotopic (exact) mass is 324 g/mol. The first-order valence-electron chi connectivity index (χ1n) is 7.92. The number of hydrogen-bond acceptors (Lipinski definition) is 3. The van der Waals surface area contributed by atoms with Crippen molar-refractivity contribution >= 4 is 17.5 Å². The van der Waals surface area contributed by atoms with Crippen LogP contribution in [0.1, 0.15) is 24.8 Å². The molecule has 0 radical (unpaired) electrons. The van der Waals surface area contributed by atoms with Crippen molar-refractivity contribution in [1.29, 1.82) is 0 Å². The molecule has 1 saturated heterocycles. The van der Waals surface area contributed by atoms with E-state index in [1.165, 1.54) is 5.56 Å². The second-order valence-corrected chi connectivity index (χ2v) is 6.25. The van der Waals surface area contributed by atoms with E-state index in [1.807, 2.05) is 12.1 Å². The molecule has 1 aliphatic rings. The molecule has 1 atom stereocenters. The Morgan fingerprint density at radius 1 is 1.32 bits per heavy atom. The second kappa shape index (κ2) is 9.13. The first-order valence-corrected chi connectivity index (χ1v) is 8.30. The van der Waals surface area contributed by atoms with Crippen molar-refractivity contribution in [3.05, 3.63) is 34.9 Å². The second-order valence-electron chi connectivity index (χ2n) is 5.81. The summed E-state index contributed by atoms with van der Waals surface area (Å²) in [6.45, 7) is 4.10. The number of ether oxygens (including phenoxy) is 1. The van der Waals surface area contributed by atoms with E-state index in [4.69, 9.17) is 16.3 Å². The van der Waals surface area contributed by atoms with E-state index in [9.17, 15) is 4.79 Å². The number of nitrogens with one attached hydrogen (secondary N) is 1. The van der Waals surface area contributed by atoms with Crippen molar-refractivity contribution in [2.45, 2.75) is 25.8 Å². The van der Waals surface area contributed by atoms with E-state index < -0.39 is 0 Å². The van der Waals surface area contributed by atoms with Gasteiger partial charge in [-0.05, 0) is 50.0 Å². The number of hydrogen-bond donors (Lipinski definition) is 1. The molecule has 0 spiro atoms. The van der Waals surface area contributed by atoms with Gasteiger partial charge in [-0.1, -0.05) is 23.7 Å². The molecule has 22 heavy (non-hydrogen) atoms. The number of carbonyl (C=O) groups is 1. The van der Waals surface area contributed by atoms with Crippen LogP contribution in [0.5, 0.6) is 0 Å². The minimum atomic E-state index is 0.132. The lowest BCUT2D eigenvalue weighted by molar-refractivity contribution is -0.125. The van der Waals surface area contributed by atoms with Gasteiger partial charge in [-0.2, -0.15) is 0 Å². The number of amides is 1. The lowest BCUT2D eigenvalue weighted by atomic mass is 10.00. The average molecular weight is 325 g/mol. The molecule has 0 aliphatic carbocycles. The zero-order chi connectivity index (χ0) is 15.8. The summed E-state index contributed by atoms with van der Waals surface area (Å²) in [6.07, 6.45) is 2.96. The van der Waals surface area contributed by atoms with Crippen LogP contribution < -0.4 is 5.32 Å². The number of benzene rings is 1. The molecule has 0 saturated carbocycles. The van der Waals surface area contributed by atoms with Crippen molar-refractivity contribution in [2.24, 2.45) is 5.92 Å². The van der Waals surface area contributed by atoms with E-state index in [2.05, 4.69) is 22.3 Å². The highest BCUT2D eigenvalue weighted by molar-refractivity contribution is 6.30. The van der Waals surface area contributed by atoms with Gasteiger partial charge in [-0.3, -0.25) is 9.69 Å². The van der Waals surface area contributed by atoms with Gasteiger partial charge in [0, 0.05) is 31.1 Å². The molecular weight excluding hydrogens is 300 g/mol. The zero-order valence-electron chi connectivity index (χ0n) is 13.2. The van der Waals surface area contributed by atoms with E-state index in [0.717, 1.165) is 43.9 Å². The molecule has 122 valence electrons. The van der Waals surface area contributed by atoms with Crippen LogP contribution in [0.15, 0.2) is 24.3 Å². The summed E-state index contributed by atoms with van der Waals surface area (Å²) in [5, 5.41) is 3.73. The predicted octanol–water partition coefficient (Wildman–Crippen LogP) is 2.70. The molecule has 1 fully saturated rings. The minimum Gasteiger partial charge on any atom is -0.383 e. The van der Waals surface area contributed by atoms with Gasteiger partial charge in [0.1, 0.15) is 0 Å². The van der Waals surface area contributed by atoms with Gasteiger partial charge in [0.15, 0.2) is 0 Å². The first-order chi connectivity index (χ1) is 10.7. The van der Waals surface area contributed by atoms with Crippen LogP contribution in [0, 0.1) is 5.92 Å². The van der Waals surface area contributed by atoms with Gasteiger partial charge in [0.2, 0.25) is 5.91 Å². The highest BCUT2D eigenvalue weighted by Crippen LogP contribution is 2.20. The van der Waals surface area contributed by atoms with E-state index in [0.29, 0.717) is 13.2 Å². The Kier molecular flexibility index (Phi) is 7.16. The summed E-state index contributed by atoms with van der Waals surface area (Å²) in [5.74, 6) is 0.303. The topological polar surface area (TPSA) is 41.6 Å². The Morgan fingerprint density at radius 2 is 2.09 bits per heavy atom. The molecule has 5 heteroatoms. The Bertz CT molecular complexity index is 464. The van der Waals surface area contributed by atoms with Crippen molar-refractivity contribution in [1.82, 2.24) is 10.2 Å². The summed E-state index contributed by atoms with van der Waals surface area (Å²) < 4.78 is 4.96. The minimum absolute atomic E-state index is 0.132. The van der Waals surface area contributed by atoms with Gasteiger partial charge in [-0.15, -0.1) is 0 Å². The third-order valence-electron chi connectivity index (χ3n) is 4.12. The average Bonchev–Trinajstić information content (AvgIpc) is 2.75. The van der Waals surface area contributed by atoms with Gasteiger partial charge in [0.05, 0.1) is 6.61 Å². The van der Waals surface area contributed by atoms with E-state index in [-0.39, 0.29) is 11.8 Å². The fourth-order valence-electron chi connectivity index (χ4n) is 2.84. The maximum absolute atomic E-state index is 12.1. The van der Waals surface area contributed by atoms with Crippen LogP contribution in [-0.2, 0) is 16.1 Å². The normalized spacial score (nSPS) is 19.6. The van der Waals surface area contributed by atoms with Crippen LogP contribution in [0.4, 0.5) is 0 Å². The smallest absolute Gasteiger partial charge is 0.223 e. The van der Waals surface area contributed by atoms with Crippen LogP contribution in [0.25, 0.3) is 0 Å². The molecular formula is C17H25ClN2O2. The van der Waals surface area contributed by atoms with Crippen LogP contribution >= 0.6 is 11.6 Å². The van der Waals surface area contributed by atoms with Gasteiger partial charge >= 0.3 is 0 Å². The standard InChI is InChI=1S/C17H25ClN2O2/c1-22-12-9-19-17(21)15-3-2-10-20(11-8-15)13-14-4-6-16(18)7-5-14/h4-7,15H,2-3,8-13H2,1H3,(H,19,21). The number of rotatable bonds is 6. The van der Waals surface area contributed by atoms with Gasteiger partial charge in [-0.25, -0.2) is 0 Å². The van der Waals surface area contributed by atoms with Crippen molar-refractivity contribution in [3.63, 3.8) is 0 Å². The van der Waals surface area contributed by atoms with E-state index in [1.54, 1.807) is 7.11 Å². The molecule has 1 N–H and O–H groups in total. The Balaban J connectivity index is 1.79. The summed E-state index contributed by atoms with van der Waals surface area (Å²) in [4.78, 5) is 14.6. The number of likely N-dealkylation sites (tertiary alicyclic amines) is 1. The van der Waals surface area contributed by atoms with Crippen LogP contribution in [0.3, 0.4) is 0 Å². The molecule has 4 nitrogen and oxygen atoms in total. The third-order valence-corrected chi connectivity index (χ3v) is 4.37. The highest BCUT2D eigenvalue weighted by atomic mass is 35.5. The summed E-state index contributed by atoms with van der Waals surface area (Å²) in [6, 6.07) is 8.01. The molecule has 0 bridgehead atoms. The number of nitrogens with zero attached hydrogens (tertiary/aromatic N) is 1. The SMILES string of the molecule is COCCNC(=O)C1CCCN(Cc2ccc(Cl)cc2)CC1. The fraction of sp³-hybridized carbons (Fsp3) is 0.588. The van der Waals surface area contributed by atoms with Crippen molar-refractivity contribution < 1.29 is 9.53 Å². The van der Waals surface area contributed by atoms with E-state index >= 15 is 0 Å². The first kappa shape index (κ1) is 17.3. The highest BCUT2D eigenvalue weighted by Gasteiger charge is 2.22. The lowest BCUT2D eigenvalue weighted by Crippen LogP contribution is -2.33. The molecule has 1 aliphatic heterocycles. The summed E-state index contributed by atoms with van der Waals surface area (Å²) >= 11 is 5.92. The molecule has 1 unspecified atom stereocenters. The molecule has 1 aromatic carbocycles. The van der Waals surface area contributed by atoms with Crippen LogP contribution in [-0.4, -0.2) is 44.2 Å². The third kappa shape index (κ3) is 5.59. The molecule has 2 rings (SSSR count). The Hall–Kier alpha value is -1.10. The maximum Gasteiger partial charge on any atom is 0.223 e. The molecule has 1 heterocycles. The predicted molar refractivity (Wildman–Crippen MR) is 89.0 cm³/mol. The Morgan fingerprint density at radius 3 is 2.82 bits per heavy atom. The van der Waals surface area contributed by atoms with Crippen molar-refractivity contribution in [3.8, 4) is 0 Å².